The van der Waals surface area contributed by atoms with Crippen LogP contribution in [0.15, 0.2) is 29.3 Å². The summed E-state index contributed by atoms with van der Waals surface area (Å²) in [5, 5.41) is 2.25. The average molecular weight is 388 g/mol. The molecule has 4 amide bonds. The topological polar surface area (TPSA) is 91.3 Å². The van der Waals surface area contributed by atoms with Gasteiger partial charge in [0.05, 0.1) is 12.8 Å². The number of rotatable bonds is 9. The van der Waals surface area contributed by atoms with Crippen LogP contribution in [-0.2, 0) is 9.59 Å². The molecule has 152 valence electrons. The van der Waals surface area contributed by atoms with Crippen LogP contribution in [0, 0.1) is 5.92 Å². The molecule has 1 aliphatic rings. The number of aliphatic imine (C=N–C) groups is 1. The minimum atomic E-state index is -1.10. The maximum atomic E-state index is 12.9. The maximum Gasteiger partial charge on any atom is 0.335 e. The highest BCUT2D eigenvalue weighted by Gasteiger charge is 2.42. The van der Waals surface area contributed by atoms with Gasteiger partial charge in [-0.05, 0) is 57.2 Å². The summed E-state index contributed by atoms with van der Waals surface area (Å²) in [6.45, 7) is 9.24. The molecule has 1 N–H and O–H groups in total. The Bertz CT molecular complexity index is 741. The highest BCUT2D eigenvalue weighted by Crippen LogP contribution is 2.24. The highest BCUT2D eigenvalue weighted by molar-refractivity contribution is 6.35. The third-order valence-corrected chi connectivity index (χ3v) is 4.80. The summed E-state index contributed by atoms with van der Waals surface area (Å²) in [6.07, 6.45) is 0.836. The van der Waals surface area contributed by atoms with Crippen LogP contribution in [0.5, 0.6) is 5.75 Å². The quantitative estimate of drug-likeness (QED) is 0.397. The molecule has 0 bridgehead atoms. The number of urea groups is 1. The van der Waals surface area contributed by atoms with Crippen LogP contribution in [0.1, 0.15) is 27.2 Å². The van der Waals surface area contributed by atoms with Crippen LogP contribution in [0.3, 0.4) is 0 Å². The van der Waals surface area contributed by atoms with E-state index in [-0.39, 0.29) is 0 Å². The monoisotopic (exact) mass is 388 g/mol. The number of nitrogens with one attached hydrogen (secondary N) is 1. The molecule has 1 aromatic carbocycles. The summed E-state index contributed by atoms with van der Waals surface area (Å²) in [5.74, 6) is -1.73. The lowest BCUT2D eigenvalue weighted by Crippen LogP contribution is -2.60. The SMILES string of the molecule is CCN(CC)CCCN=C(C)C1C(=O)NC(=O)N(c2ccc(OC)cc2)C1=O. The number of hydrogen-bond acceptors (Lipinski definition) is 6. The molecule has 1 fully saturated rings. The van der Waals surface area contributed by atoms with E-state index in [2.05, 4.69) is 29.1 Å². The Morgan fingerprint density at radius 3 is 2.39 bits per heavy atom. The van der Waals surface area contributed by atoms with Crippen molar-refractivity contribution in [1.82, 2.24) is 10.2 Å². The van der Waals surface area contributed by atoms with Crippen molar-refractivity contribution in [2.24, 2.45) is 10.9 Å². The zero-order valence-electron chi connectivity index (χ0n) is 16.9. The summed E-state index contributed by atoms with van der Waals surface area (Å²) in [6, 6.07) is 5.73. The largest absolute Gasteiger partial charge is 0.497 e. The first-order valence-electron chi connectivity index (χ1n) is 9.49. The lowest BCUT2D eigenvalue weighted by molar-refractivity contribution is -0.131. The Hall–Kier alpha value is -2.74. The number of nitrogens with zero attached hydrogens (tertiary/aromatic N) is 3. The summed E-state index contributed by atoms with van der Waals surface area (Å²) >= 11 is 0. The molecule has 0 aromatic heterocycles. The van der Waals surface area contributed by atoms with Crippen molar-refractivity contribution >= 4 is 29.2 Å². The van der Waals surface area contributed by atoms with E-state index in [9.17, 15) is 14.4 Å². The maximum absolute atomic E-state index is 12.9. The standard InChI is InChI=1S/C20H28N4O4/c1-5-23(6-2)13-7-12-21-14(3)17-18(25)22-20(27)24(19(17)26)15-8-10-16(28-4)11-9-15/h8-11,17H,5-7,12-13H2,1-4H3,(H,22,25,27). The van der Waals surface area contributed by atoms with Gasteiger partial charge in [-0.2, -0.15) is 0 Å². The van der Waals surface area contributed by atoms with Crippen molar-refractivity contribution in [3.8, 4) is 5.75 Å². The van der Waals surface area contributed by atoms with Gasteiger partial charge in [-0.15, -0.1) is 0 Å². The molecular weight excluding hydrogens is 360 g/mol. The van der Waals surface area contributed by atoms with E-state index in [1.54, 1.807) is 31.2 Å². The normalized spacial score (nSPS) is 17.9. The lowest BCUT2D eigenvalue weighted by atomic mass is 9.99. The summed E-state index contributed by atoms with van der Waals surface area (Å²) in [5.41, 5.74) is 0.781. The highest BCUT2D eigenvalue weighted by atomic mass is 16.5. The van der Waals surface area contributed by atoms with Crippen molar-refractivity contribution < 1.29 is 19.1 Å². The smallest absolute Gasteiger partial charge is 0.335 e. The summed E-state index contributed by atoms with van der Waals surface area (Å²) in [7, 11) is 1.53. The Labute approximate surface area is 165 Å². The van der Waals surface area contributed by atoms with Crippen LogP contribution >= 0.6 is 0 Å². The van der Waals surface area contributed by atoms with Crippen LogP contribution < -0.4 is 15.0 Å². The number of carbonyl (C=O) groups excluding carboxylic acids is 3. The van der Waals surface area contributed by atoms with Gasteiger partial charge in [-0.25, -0.2) is 9.69 Å². The Kier molecular flexibility index (Phi) is 7.69. The van der Waals surface area contributed by atoms with E-state index in [0.717, 1.165) is 31.0 Å². The van der Waals surface area contributed by atoms with Crippen molar-refractivity contribution in [3.63, 3.8) is 0 Å². The van der Waals surface area contributed by atoms with E-state index >= 15 is 0 Å². The van der Waals surface area contributed by atoms with Crippen LogP contribution in [-0.4, -0.2) is 61.7 Å². The molecule has 2 rings (SSSR count). The first kappa shape index (κ1) is 21.6. The number of hydrogen-bond donors (Lipinski definition) is 1. The van der Waals surface area contributed by atoms with E-state index in [1.165, 1.54) is 7.11 Å². The summed E-state index contributed by atoms with van der Waals surface area (Å²) in [4.78, 5) is 45.1. The van der Waals surface area contributed by atoms with Crippen molar-refractivity contribution in [3.05, 3.63) is 24.3 Å². The Morgan fingerprint density at radius 1 is 1.18 bits per heavy atom. The molecule has 0 aliphatic carbocycles. The van der Waals surface area contributed by atoms with Gasteiger partial charge in [-0.3, -0.25) is 19.9 Å². The average Bonchev–Trinajstić information content (AvgIpc) is 2.68. The number of amides is 4. The van der Waals surface area contributed by atoms with Crippen molar-refractivity contribution in [2.75, 3.05) is 38.2 Å². The van der Waals surface area contributed by atoms with Gasteiger partial charge < -0.3 is 9.64 Å². The molecule has 1 aliphatic heterocycles. The van der Waals surface area contributed by atoms with Gasteiger partial charge in [0, 0.05) is 12.3 Å². The van der Waals surface area contributed by atoms with Crippen LogP contribution in [0.4, 0.5) is 10.5 Å². The number of carbonyl (C=O) groups is 3. The van der Waals surface area contributed by atoms with Gasteiger partial charge >= 0.3 is 6.03 Å². The molecule has 0 saturated carbocycles. The van der Waals surface area contributed by atoms with Gasteiger partial charge in [0.15, 0.2) is 5.92 Å². The number of benzene rings is 1. The molecule has 0 radical (unpaired) electrons. The number of methoxy groups -OCH3 is 1. The second-order valence-electron chi connectivity index (χ2n) is 6.50. The fourth-order valence-electron chi connectivity index (χ4n) is 3.10. The first-order chi connectivity index (χ1) is 13.4. The molecule has 8 nitrogen and oxygen atoms in total. The van der Waals surface area contributed by atoms with Crippen LogP contribution in [0.2, 0.25) is 0 Å². The first-order valence-corrected chi connectivity index (χ1v) is 9.49. The second kappa shape index (κ2) is 9.98. The molecule has 1 unspecified atom stereocenters. The minimum Gasteiger partial charge on any atom is -0.497 e. The van der Waals surface area contributed by atoms with Crippen LogP contribution in [0.25, 0.3) is 0 Å². The molecule has 1 atom stereocenters. The molecule has 8 heteroatoms. The lowest BCUT2D eigenvalue weighted by Gasteiger charge is -2.30. The number of barbiturate groups is 1. The number of ether oxygens (including phenoxy) is 1. The predicted molar refractivity (Wildman–Crippen MR) is 108 cm³/mol. The van der Waals surface area contributed by atoms with Crippen molar-refractivity contribution in [2.45, 2.75) is 27.2 Å². The Morgan fingerprint density at radius 2 is 1.82 bits per heavy atom. The van der Waals surface area contributed by atoms with E-state index in [1.807, 2.05) is 0 Å². The van der Waals surface area contributed by atoms with E-state index < -0.39 is 23.8 Å². The zero-order valence-corrected chi connectivity index (χ0v) is 16.9. The Balaban J connectivity index is 2.12. The number of imide groups is 2. The third kappa shape index (κ3) is 4.95. The van der Waals surface area contributed by atoms with Gasteiger partial charge in [-0.1, -0.05) is 13.8 Å². The molecule has 0 spiro atoms. The predicted octanol–water partition coefficient (Wildman–Crippen LogP) is 2.09. The third-order valence-electron chi connectivity index (χ3n) is 4.80. The van der Waals surface area contributed by atoms with E-state index in [4.69, 9.17) is 4.74 Å². The van der Waals surface area contributed by atoms with Gasteiger partial charge in [0.2, 0.25) is 5.91 Å². The zero-order chi connectivity index (χ0) is 20.7. The molecular formula is C20H28N4O4. The van der Waals surface area contributed by atoms with Crippen molar-refractivity contribution in [1.29, 1.82) is 0 Å². The fourth-order valence-corrected chi connectivity index (χ4v) is 3.10. The number of anilines is 1. The molecule has 1 heterocycles. The second-order valence-corrected chi connectivity index (χ2v) is 6.50. The molecule has 1 saturated heterocycles. The van der Waals surface area contributed by atoms with Gasteiger partial charge in [0.1, 0.15) is 5.75 Å². The van der Waals surface area contributed by atoms with E-state index in [0.29, 0.717) is 23.7 Å². The molecule has 1 aromatic rings. The fraction of sp³-hybridized carbons (Fsp3) is 0.500. The minimum absolute atomic E-state index is 0.370. The van der Waals surface area contributed by atoms with Gasteiger partial charge in [0.25, 0.3) is 5.91 Å². The molecule has 28 heavy (non-hydrogen) atoms. The summed E-state index contributed by atoms with van der Waals surface area (Å²) < 4.78 is 5.09.